The number of benzene rings is 1. The lowest BCUT2D eigenvalue weighted by molar-refractivity contribution is 0.0781. The number of hydrogen-bond acceptors (Lipinski definition) is 6. The number of carbonyl (C=O) groups excluding carboxylic acids is 1. The molecule has 0 saturated carbocycles. The van der Waals surface area contributed by atoms with Gasteiger partial charge < -0.3 is 14.2 Å². The SMILES string of the molecule is COCC1CC(CN(C)C(=O)c2c(-c3ccccc3)noc2C)NN1. The second-order valence-electron chi connectivity index (χ2n) is 6.39. The molecule has 1 fully saturated rings. The lowest BCUT2D eigenvalue weighted by atomic mass is 10.0. The van der Waals surface area contributed by atoms with E-state index in [0.717, 1.165) is 12.0 Å². The first-order valence-electron chi connectivity index (χ1n) is 8.37. The Bertz CT molecular complexity index is 716. The summed E-state index contributed by atoms with van der Waals surface area (Å²) in [6.07, 6.45) is 0.902. The smallest absolute Gasteiger partial charge is 0.259 e. The standard InChI is InChI=1S/C18H24N4O3/c1-12-16(17(21-25-12)13-7-5-4-6-8-13)18(23)22(2)10-14-9-15(11-24-3)20-19-14/h4-8,14-15,19-20H,9-11H2,1-3H3. The molecule has 0 aliphatic carbocycles. The minimum absolute atomic E-state index is 0.0883. The lowest BCUT2D eigenvalue weighted by Gasteiger charge is -2.21. The number of nitrogens with zero attached hydrogens (tertiary/aromatic N) is 2. The van der Waals surface area contributed by atoms with E-state index in [1.54, 1.807) is 26.0 Å². The summed E-state index contributed by atoms with van der Waals surface area (Å²) < 4.78 is 10.5. The highest BCUT2D eigenvalue weighted by Gasteiger charge is 2.29. The summed E-state index contributed by atoms with van der Waals surface area (Å²) in [6.45, 7) is 3.00. The van der Waals surface area contributed by atoms with Crippen molar-refractivity contribution in [2.24, 2.45) is 0 Å². The van der Waals surface area contributed by atoms with Crippen LogP contribution in [0.2, 0.25) is 0 Å². The van der Waals surface area contributed by atoms with E-state index in [0.29, 0.717) is 30.2 Å². The highest BCUT2D eigenvalue weighted by Crippen LogP contribution is 2.26. The van der Waals surface area contributed by atoms with Gasteiger partial charge in [0.05, 0.1) is 6.61 Å². The van der Waals surface area contributed by atoms with Crippen molar-refractivity contribution in [2.75, 3.05) is 27.3 Å². The fourth-order valence-electron chi connectivity index (χ4n) is 3.15. The molecule has 2 unspecified atom stereocenters. The van der Waals surface area contributed by atoms with Crippen LogP contribution < -0.4 is 10.9 Å². The first-order chi connectivity index (χ1) is 12.1. The molecule has 1 amide bonds. The number of aryl methyl sites for hydroxylation is 1. The van der Waals surface area contributed by atoms with Crippen LogP contribution in [0.1, 0.15) is 22.5 Å². The van der Waals surface area contributed by atoms with Gasteiger partial charge in [-0.1, -0.05) is 35.5 Å². The van der Waals surface area contributed by atoms with E-state index in [1.807, 2.05) is 30.3 Å². The van der Waals surface area contributed by atoms with Gasteiger partial charge in [0, 0.05) is 38.3 Å². The average molecular weight is 344 g/mol. The minimum atomic E-state index is -0.0883. The van der Waals surface area contributed by atoms with Crippen molar-refractivity contribution in [1.82, 2.24) is 20.9 Å². The Morgan fingerprint density at radius 3 is 2.76 bits per heavy atom. The molecule has 0 spiro atoms. The zero-order chi connectivity index (χ0) is 17.8. The Balaban J connectivity index is 1.72. The van der Waals surface area contributed by atoms with Crippen molar-refractivity contribution in [3.63, 3.8) is 0 Å². The fourth-order valence-corrected chi connectivity index (χ4v) is 3.15. The monoisotopic (exact) mass is 344 g/mol. The number of carbonyl (C=O) groups is 1. The summed E-state index contributed by atoms with van der Waals surface area (Å²) in [5.74, 6) is 0.445. The lowest BCUT2D eigenvalue weighted by Crippen LogP contribution is -2.41. The normalized spacial score (nSPS) is 20.0. The van der Waals surface area contributed by atoms with Gasteiger partial charge >= 0.3 is 0 Å². The molecule has 2 N–H and O–H groups in total. The van der Waals surface area contributed by atoms with Gasteiger partial charge in [-0.05, 0) is 13.3 Å². The Morgan fingerprint density at radius 1 is 1.32 bits per heavy atom. The summed E-state index contributed by atoms with van der Waals surface area (Å²) in [6, 6.07) is 10.0. The summed E-state index contributed by atoms with van der Waals surface area (Å²) >= 11 is 0. The molecule has 2 aromatic rings. The van der Waals surface area contributed by atoms with Gasteiger partial charge in [-0.3, -0.25) is 15.6 Å². The average Bonchev–Trinajstić information content (AvgIpc) is 3.22. The summed E-state index contributed by atoms with van der Waals surface area (Å²) in [5.41, 5.74) is 8.39. The Hall–Kier alpha value is -2.22. The summed E-state index contributed by atoms with van der Waals surface area (Å²) in [5, 5.41) is 4.09. The molecule has 2 atom stereocenters. The number of amides is 1. The zero-order valence-electron chi connectivity index (χ0n) is 14.8. The topological polar surface area (TPSA) is 79.6 Å². The largest absolute Gasteiger partial charge is 0.383 e. The Morgan fingerprint density at radius 2 is 2.04 bits per heavy atom. The first kappa shape index (κ1) is 17.6. The molecule has 25 heavy (non-hydrogen) atoms. The van der Waals surface area contributed by atoms with E-state index in [-0.39, 0.29) is 18.0 Å². The Kier molecular flexibility index (Phi) is 5.47. The number of likely N-dealkylation sites (N-methyl/N-ethyl adjacent to an activating group) is 1. The molecule has 2 heterocycles. The van der Waals surface area contributed by atoms with E-state index >= 15 is 0 Å². The van der Waals surface area contributed by atoms with Crippen LogP contribution in [-0.4, -0.2) is 55.4 Å². The third-order valence-corrected chi connectivity index (χ3v) is 4.39. The minimum Gasteiger partial charge on any atom is -0.383 e. The van der Waals surface area contributed by atoms with E-state index in [9.17, 15) is 4.79 Å². The van der Waals surface area contributed by atoms with Crippen molar-refractivity contribution in [2.45, 2.75) is 25.4 Å². The van der Waals surface area contributed by atoms with Crippen LogP contribution in [0, 0.1) is 6.92 Å². The van der Waals surface area contributed by atoms with Crippen LogP contribution in [0.3, 0.4) is 0 Å². The number of hydrogen-bond donors (Lipinski definition) is 2. The van der Waals surface area contributed by atoms with Crippen LogP contribution in [0.15, 0.2) is 34.9 Å². The van der Waals surface area contributed by atoms with Crippen molar-refractivity contribution >= 4 is 5.91 Å². The van der Waals surface area contributed by atoms with Gasteiger partial charge in [0.25, 0.3) is 5.91 Å². The first-order valence-corrected chi connectivity index (χ1v) is 8.37. The number of nitrogens with one attached hydrogen (secondary N) is 2. The Labute approximate surface area is 147 Å². The molecule has 0 bridgehead atoms. The molecule has 7 nitrogen and oxygen atoms in total. The predicted octanol–water partition coefficient (Wildman–Crippen LogP) is 1.60. The molecule has 3 rings (SSSR count). The molecule has 1 aromatic heterocycles. The number of hydrazine groups is 1. The second-order valence-corrected chi connectivity index (χ2v) is 6.39. The van der Waals surface area contributed by atoms with E-state index < -0.39 is 0 Å². The highest BCUT2D eigenvalue weighted by molar-refractivity contribution is 6.00. The molecular weight excluding hydrogens is 320 g/mol. The van der Waals surface area contributed by atoms with Gasteiger partial charge in [-0.15, -0.1) is 0 Å². The van der Waals surface area contributed by atoms with Crippen LogP contribution in [0.4, 0.5) is 0 Å². The molecule has 7 heteroatoms. The molecule has 1 aromatic carbocycles. The van der Waals surface area contributed by atoms with E-state index in [4.69, 9.17) is 9.26 Å². The molecule has 0 radical (unpaired) electrons. The van der Waals surface area contributed by atoms with Crippen LogP contribution in [-0.2, 0) is 4.74 Å². The van der Waals surface area contributed by atoms with Gasteiger partial charge in [-0.2, -0.15) is 0 Å². The predicted molar refractivity (Wildman–Crippen MR) is 94.0 cm³/mol. The zero-order valence-corrected chi connectivity index (χ0v) is 14.8. The van der Waals surface area contributed by atoms with Crippen LogP contribution in [0.5, 0.6) is 0 Å². The number of methoxy groups -OCH3 is 1. The van der Waals surface area contributed by atoms with Gasteiger partial charge in [0.1, 0.15) is 17.0 Å². The molecule has 1 saturated heterocycles. The quantitative estimate of drug-likeness (QED) is 0.829. The van der Waals surface area contributed by atoms with Crippen LogP contribution >= 0.6 is 0 Å². The summed E-state index contributed by atoms with van der Waals surface area (Å²) in [4.78, 5) is 14.7. The summed E-state index contributed by atoms with van der Waals surface area (Å²) in [7, 11) is 3.49. The van der Waals surface area contributed by atoms with Crippen molar-refractivity contribution in [3.05, 3.63) is 41.7 Å². The molecule has 1 aliphatic rings. The van der Waals surface area contributed by atoms with E-state index in [1.165, 1.54) is 0 Å². The number of aromatic nitrogens is 1. The number of ether oxygens (including phenoxy) is 1. The van der Waals surface area contributed by atoms with Gasteiger partial charge in [0.15, 0.2) is 0 Å². The fraction of sp³-hybridized carbons (Fsp3) is 0.444. The van der Waals surface area contributed by atoms with Crippen molar-refractivity contribution in [3.8, 4) is 11.3 Å². The van der Waals surface area contributed by atoms with E-state index in [2.05, 4.69) is 16.0 Å². The second kappa shape index (κ2) is 7.77. The maximum Gasteiger partial charge on any atom is 0.259 e. The third-order valence-electron chi connectivity index (χ3n) is 4.39. The van der Waals surface area contributed by atoms with Gasteiger partial charge in [0.2, 0.25) is 0 Å². The highest BCUT2D eigenvalue weighted by atomic mass is 16.5. The third kappa shape index (κ3) is 3.89. The van der Waals surface area contributed by atoms with Crippen molar-refractivity contribution in [1.29, 1.82) is 0 Å². The maximum absolute atomic E-state index is 13.0. The number of rotatable bonds is 6. The molecular formula is C18H24N4O3. The maximum atomic E-state index is 13.0. The molecule has 1 aliphatic heterocycles. The van der Waals surface area contributed by atoms with Crippen LogP contribution in [0.25, 0.3) is 11.3 Å². The van der Waals surface area contributed by atoms with Crippen molar-refractivity contribution < 1.29 is 14.1 Å². The van der Waals surface area contributed by atoms with Gasteiger partial charge in [-0.25, -0.2) is 0 Å². The molecule has 134 valence electrons.